The summed E-state index contributed by atoms with van der Waals surface area (Å²) < 4.78 is 55.7. The summed E-state index contributed by atoms with van der Waals surface area (Å²) in [5.74, 6) is 0. The Hall–Kier alpha value is -4.02. The molecule has 0 aromatic heterocycles. The van der Waals surface area contributed by atoms with Gasteiger partial charge in [-0.05, 0) is 74.5 Å². The molecular weight excluding hydrogens is 496 g/mol. The fourth-order valence-electron chi connectivity index (χ4n) is 3.24. The molecule has 4 aromatic carbocycles. The normalized spacial score (nSPS) is 11.9. The Morgan fingerprint density at radius 1 is 0.528 bits per heavy atom. The molecule has 0 saturated carbocycles. The van der Waals surface area contributed by atoms with Gasteiger partial charge < -0.3 is 0 Å². The third kappa shape index (κ3) is 6.35. The monoisotopic (exact) mass is 520 g/mol. The molecule has 184 valence electrons. The van der Waals surface area contributed by atoms with E-state index in [0.29, 0.717) is 22.7 Å². The van der Waals surface area contributed by atoms with Gasteiger partial charge in [-0.15, -0.1) is 0 Å². The molecule has 0 aliphatic carbocycles. The summed E-state index contributed by atoms with van der Waals surface area (Å²) in [5, 5.41) is 8.34. The van der Waals surface area contributed by atoms with E-state index in [1.165, 1.54) is 0 Å². The minimum Gasteiger partial charge on any atom is -0.280 e. The van der Waals surface area contributed by atoms with Gasteiger partial charge in [0.15, 0.2) is 0 Å². The minimum absolute atomic E-state index is 0.157. The van der Waals surface area contributed by atoms with Gasteiger partial charge in [-0.25, -0.2) is 16.8 Å². The summed E-state index contributed by atoms with van der Waals surface area (Å²) in [4.78, 5) is 0.315. The van der Waals surface area contributed by atoms with Crippen molar-refractivity contribution < 1.29 is 16.8 Å². The highest BCUT2D eigenvalue weighted by molar-refractivity contribution is 7.93. The number of benzene rings is 4. The molecule has 0 saturated heterocycles. The number of rotatable bonds is 8. The third-order valence-corrected chi connectivity index (χ3v) is 7.93. The summed E-state index contributed by atoms with van der Waals surface area (Å²) in [6.45, 7) is 3.76. The summed E-state index contributed by atoms with van der Waals surface area (Å²) >= 11 is 0. The molecule has 2 N–H and O–H groups in total. The van der Waals surface area contributed by atoms with Crippen LogP contribution in [0.25, 0.3) is 0 Å². The van der Waals surface area contributed by atoms with Crippen LogP contribution in [-0.4, -0.2) is 16.8 Å². The van der Waals surface area contributed by atoms with Crippen LogP contribution in [-0.2, 0) is 20.0 Å². The number of nitrogens with one attached hydrogen (secondary N) is 2. The maximum Gasteiger partial charge on any atom is 0.261 e. The Balaban J connectivity index is 1.49. The first kappa shape index (κ1) is 25.1. The second kappa shape index (κ2) is 10.3. The van der Waals surface area contributed by atoms with Crippen LogP contribution >= 0.6 is 0 Å². The Labute approximate surface area is 210 Å². The first-order valence-corrected chi connectivity index (χ1v) is 13.9. The average Bonchev–Trinajstić information content (AvgIpc) is 2.83. The van der Waals surface area contributed by atoms with Crippen molar-refractivity contribution in [2.45, 2.75) is 23.6 Å². The van der Waals surface area contributed by atoms with Crippen LogP contribution in [0, 0.1) is 13.8 Å². The van der Waals surface area contributed by atoms with E-state index < -0.39 is 20.0 Å². The van der Waals surface area contributed by atoms with Crippen LogP contribution in [0.2, 0.25) is 0 Å². The van der Waals surface area contributed by atoms with E-state index >= 15 is 0 Å². The van der Waals surface area contributed by atoms with Crippen LogP contribution in [0.15, 0.2) is 117 Å². The van der Waals surface area contributed by atoms with E-state index in [1.54, 1.807) is 97.1 Å². The van der Waals surface area contributed by atoms with E-state index in [-0.39, 0.29) is 9.79 Å². The molecule has 10 heteroatoms. The molecular formula is C26H24N4O4S2. The molecule has 0 aliphatic heterocycles. The van der Waals surface area contributed by atoms with Crippen LogP contribution in [0.5, 0.6) is 0 Å². The molecule has 0 heterocycles. The van der Waals surface area contributed by atoms with Gasteiger partial charge in [0.25, 0.3) is 20.0 Å². The topological polar surface area (TPSA) is 117 Å². The van der Waals surface area contributed by atoms with Crippen molar-refractivity contribution in [2.75, 3.05) is 9.44 Å². The van der Waals surface area contributed by atoms with Crippen LogP contribution < -0.4 is 9.44 Å². The zero-order valence-corrected chi connectivity index (χ0v) is 21.2. The highest BCUT2D eigenvalue weighted by Gasteiger charge is 2.15. The fourth-order valence-corrected chi connectivity index (χ4v) is 5.34. The molecule has 0 bridgehead atoms. The Bertz CT molecular complexity index is 1490. The number of anilines is 2. The standard InChI is InChI=1S/C26H24N4O4S2/c1-19-9-13-25(14-10-19)35(31,32)29-23-7-3-5-21(17-23)27-28-22-6-4-8-24(18-22)30-36(33,34)26-15-11-20(2)12-16-26/h3-18,29-30H,1-2H3. The zero-order valence-electron chi connectivity index (χ0n) is 19.6. The highest BCUT2D eigenvalue weighted by atomic mass is 32.2. The van der Waals surface area contributed by atoms with Crippen molar-refractivity contribution in [3.63, 3.8) is 0 Å². The van der Waals surface area contributed by atoms with Crippen molar-refractivity contribution in [1.82, 2.24) is 0 Å². The number of hydrogen-bond acceptors (Lipinski definition) is 6. The number of hydrogen-bond donors (Lipinski definition) is 2. The first-order chi connectivity index (χ1) is 17.1. The second-order valence-corrected chi connectivity index (χ2v) is 11.5. The largest absolute Gasteiger partial charge is 0.280 e. The molecule has 0 fully saturated rings. The van der Waals surface area contributed by atoms with E-state index in [1.807, 2.05) is 13.8 Å². The lowest BCUT2D eigenvalue weighted by Gasteiger charge is -2.09. The number of azo groups is 1. The molecule has 36 heavy (non-hydrogen) atoms. The lowest BCUT2D eigenvalue weighted by Crippen LogP contribution is -2.12. The van der Waals surface area contributed by atoms with Gasteiger partial charge in [0.2, 0.25) is 0 Å². The molecule has 4 rings (SSSR count). The Kier molecular flexibility index (Phi) is 7.18. The smallest absolute Gasteiger partial charge is 0.261 e. The summed E-state index contributed by atoms with van der Waals surface area (Å²) in [6.07, 6.45) is 0. The lowest BCUT2D eigenvalue weighted by molar-refractivity contribution is 0.599. The zero-order chi connectivity index (χ0) is 25.8. The van der Waals surface area contributed by atoms with Gasteiger partial charge in [0.1, 0.15) is 0 Å². The summed E-state index contributed by atoms with van der Waals surface area (Å²) in [5.41, 5.74) is 3.44. The van der Waals surface area contributed by atoms with E-state index in [9.17, 15) is 16.8 Å². The van der Waals surface area contributed by atoms with E-state index in [2.05, 4.69) is 19.7 Å². The molecule has 0 unspecified atom stereocenters. The molecule has 0 spiro atoms. The molecule has 0 aliphatic rings. The van der Waals surface area contributed by atoms with Gasteiger partial charge in [-0.3, -0.25) is 9.44 Å². The predicted molar refractivity (Wildman–Crippen MR) is 141 cm³/mol. The predicted octanol–water partition coefficient (Wildman–Crippen LogP) is 6.32. The van der Waals surface area contributed by atoms with Crippen LogP contribution in [0.1, 0.15) is 11.1 Å². The molecule has 4 aromatic rings. The molecule has 8 nitrogen and oxygen atoms in total. The van der Waals surface area contributed by atoms with Crippen molar-refractivity contribution in [3.8, 4) is 0 Å². The Morgan fingerprint density at radius 2 is 0.889 bits per heavy atom. The van der Waals surface area contributed by atoms with Crippen molar-refractivity contribution in [1.29, 1.82) is 0 Å². The van der Waals surface area contributed by atoms with Crippen molar-refractivity contribution >= 4 is 42.8 Å². The van der Waals surface area contributed by atoms with Crippen LogP contribution in [0.3, 0.4) is 0 Å². The SMILES string of the molecule is Cc1ccc(S(=O)(=O)Nc2cccc(N=Nc3cccc(NS(=O)(=O)c4ccc(C)cc4)c3)c2)cc1. The number of aryl methyl sites for hydroxylation is 2. The second-order valence-electron chi connectivity index (χ2n) is 8.14. The fraction of sp³-hybridized carbons (Fsp3) is 0.0769. The van der Waals surface area contributed by atoms with Crippen molar-refractivity contribution in [3.05, 3.63) is 108 Å². The van der Waals surface area contributed by atoms with Gasteiger partial charge in [-0.1, -0.05) is 47.5 Å². The van der Waals surface area contributed by atoms with Crippen molar-refractivity contribution in [2.24, 2.45) is 10.2 Å². The Morgan fingerprint density at radius 3 is 1.25 bits per heavy atom. The number of nitrogens with zero attached hydrogens (tertiary/aromatic N) is 2. The van der Waals surface area contributed by atoms with E-state index in [4.69, 9.17) is 0 Å². The van der Waals surface area contributed by atoms with Gasteiger partial charge in [0.05, 0.1) is 32.5 Å². The highest BCUT2D eigenvalue weighted by Crippen LogP contribution is 2.26. The first-order valence-electron chi connectivity index (χ1n) is 10.9. The summed E-state index contributed by atoms with van der Waals surface area (Å²) in [6, 6.07) is 26.1. The number of sulfonamides is 2. The molecule has 0 radical (unpaired) electrons. The average molecular weight is 521 g/mol. The maximum atomic E-state index is 12.7. The van der Waals surface area contributed by atoms with Gasteiger partial charge >= 0.3 is 0 Å². The minimum atomic E-state index is -3.75. The summed E-state index contributed by atoms with van der Waals surface area (Å²) in [7, 11) is -7.50. The molecule has 0 amide bonds. The van der Waals surface area contributed by atoms with Crippen LogP contribution in [0.4, 0.5) is 22.7 Å². The third-order valence-electron chi connectivity index (χ3n) is 5.14. The van der Waals surface area contributed by atoms with E-state index in [0.717, 1.165) is 11.1 Å². The lowest BCUT2D eigenvalue weighted by atomic mass is 10.2. The maximum absolute atomic E-state index is 12.7. The quantitative estimate of drug-likeness (QED) is 0.264. The van der Waals surface area contributed by atoms with Gasteiger partial charge in [-0.2, -0.15) is 10.2 Å². The van der Waals surface area contributed by atoms with Gasteiger partial charge in [0, 0.05) is 0 Å². The molecule has 0 atom stereocenters.